The summed E-state index contributed by atoms with van der Waals surface area (Å²) in [4.78, 5) is 2.16. The lowest BCUT2D eigenvalue weighted by molar-refractivity contribution is 0.307. The van der Waals surface area contributed by atoms with E-state index in [4.69, 9.17) is 4.74 Å². The molecule has 2 rings (SSSR count). The quantitative estimate of drug-likeness (QED) is 0.751. The van der Waals surface area contributed by atoms with Crippen LogP contribution in [0.4, 0.5) is 0 Å². The Labute approximate surface area is 141 Å². The van der Waals surface area contributed by atoms with Crippen LogP contribution in [0.25, 0.3) is 10.8 Å². The molecule has 0 spiro atoms. The summed E-state index contributed by atoms with van der Waals surface area (Å²) >= 11 is 3.63. The Bertz CT molecular complexity index is 563. The van der Waals surface area contributed by atoms with Crippen LogP contribution in [0.5, 0.6) is 5.75 Å². The van der Waals surface area contributed by atoms with Gasteiger partial charge in [0.2, 0.25) is 0 Å². The molecular weight excluding hydrogens is 352 g/mol. The first-order valence-corrected chi connectivity index (χ1v) is 7.63. The van der Waals surface area contributed by atoms with Crippen molar-refractivity contribution >= 4 is 39.1 Å². The number of hydrogen-bond acceptors (Lipinski definition) is 3. The van der Waals surface area contributed by atoms with Crippen LogP contribution in [0, 0.1) is 0 Å². The van der Waals surface area contributed by atoms with Gasteiger partial charge in [0.1, 0.15) is 12.4 Å². The lowest BCUT2D eigenvalue weighted by Crippen LogP contribution is -2.29. The summed E-state index contributed by atoms with van der Waals surface area (Å²) in [5.41, 5.74) is 0. The van der Waals surface area contributed by atoms with Crippen LogP contribution in [0.3, 0.4) is 0 Å². The number of nitrogens with zero attached hydrogens (tertiary/aromatic N) is 1. The molecule has 0 saturated heterocycles. The highest BCUT2D eigenvalue weighted by atomic mass is 79.9. The van der Waals surface area contributed by atoms with Crippen molar-refractivity contribution in [3.8, 4) is 5.75 Å². The average molecular weight is 374 g/mol. The zero-order valence-corrected chi connectivity index (χ0v) is 14.8. The Kier molecular flexibility index (Phi) is 8.04. The number of benzene rings is 2. The fraction of sp³-hybridized carbons (Fsp3) is 0.375. The van der Waals surface area contributed by atoms with Crippen molar-refractivity contribution in [3.63, 3.8) is 0 Å². The first-order valence-electron chi connectivity index (χ1n) is 6.84. The number of nitrogens with one attached hydrogen (secondary N) is 1. The molecule has 0 amide bonds. The molecule has 0 radical (unpaired) electrons. The molecule has 0 aromatic heterocycles. The number of halogens is 2. The Hall–Kier alpha value is -0.810. The van der Waals surface area contributed by atoms with Gasteiger partial charge in [0, 0.05) is 19.6 Å². The van der Waals surface area contributed by atoms with E-state index in [1.54, 1.807) is 0 Å². The van der Waals surface area contributed by atoms with Gasteiger partial charge in [0.05, 0.1) is 4.47 Å². The highest BCUT2D eigenvalue weighted by Crippen LogP contribution is 2.32. The highest BCUT2D eigenvalue weighted by Gasteiger charge is 2.05. The lowest BCUT2D eigenvalue weighted by Gasteiger charge is -2.12. The average Bonchev–Trinajstić information content (AvgIpc) is 2.45. The summed E-state index contributed by atoms with van der Waals surface area (Å²) in [5, 5.41) is 5.77. The van der Waals surface area contributed by atoms with Crippen molar-refractivity contribution in [1.82, 2.24) is 10.2 Å². The van der Waals surface area contributed by atoms with Crippen LogP contribution in [-0.2, 0) is 0 Å². The summed E-state index contributed by atoms with van der Waals surface area (Å²) in [5.74, 6) is 0.901. The molecule has 0 fully saturated rings. The molecule has 0 saturated carbocycles. The van der Waals surface area contributed by atoms with Crippen LogP contribution in [0.2, 0.25) is 0 Å². The van der Waals surface area contributed by atoms with Gasteiger partial charge in [-0.2, -0.15) is 0 Å². The van der Waals surface area contributed by atoms with E-state index in [0.717, 1.165) is 29.9 Å². The maximum absolute atomic E-state index is 5.83. The predicted molar refractivity (Wildman–Crippen MR) is 95.8 cm³/mol. The van der Waals surface area contributed by atoms with Crippen molar-refractivity contribution in [2.24, 2.45) is 0 Å². The van der Waals surface area contributed by atoms with Gasteiger partial charge < -0.3 is 15.0 Å². The largest absolute Gasteiger partial charge is 0.491 e. The number of hydrogen-bond donors (Lipinski definition) is 1. The zero-order chi connectivity index (χ0) is 14.4. The van der Waals surface area contributed by atoms with E-state index in [1.807, 2.05) is 18.2 Å². The highest BCUT2D eigenvalue weighted by molar-refractivity contribution is 9.10. The van der Waals surface area contributed by atoms with Crippen LogP contribution in [0.1, 0.15) is 0 Å². The summed E-state index contributed by atoms with van der Waals surface area (Å²) in [6.45, 7) is 3.55. The normalized spacial score (nSPS) is 10.7. The minimum atomic E-state index is 0. The van der Waals surface area contributed by atoms with E-state index >= 15 is 0 Å². The summed E-state index contributed by atoms with van der Waals surface area (Å²) < 4.78 is 6.86. The third kappa shape index (κ3) is 5.47. The fourth-order valence-electron chi connectivity index (χ4n) is 1.99. The van der Waals surface area contributed by atoms with Crippen LogP contribution in [-0.4, -0.2) is 45.2 Å². The van der Waals surface area contributed by atoms with Crippen LogP contribution in [0.15, 0.2) is 40.9 Å². The smallest absolute Gasteiger partial charge is 0.134 e. The first kappa shape index (κ1) is 18.2. The van der Waals surface area contributed by atoms with E-state index in [2.05, 4.69) is 58.4 Å². The van der Waals surface area contributed by atoms with Gasteiger partial charge in [-0.3, -0.25) is 0 Å². The van der Waals surface area contributed by atoms with Gasteiger partial charge in [-0.05, 0) is 46.9 Å². The molecule has 5 heteroatoms. The molecule has 0 bridgehead atoms. The van der Waals surface area contributed by atoms with Gasteiger partial charge >= 0.3 is 0 Å². The molecule has 2 aromatic rings. The predicted octanol–water partition coefficient (Wildman–Crippen LogP) is 3.55. The number of ether oxygens (including phenoxy) is 1. The number of likely N-dealkylation sites (N-methyl/N-ethyl adjacent to an activating group) is 1. The van der Waals surface area contributed by atoms with E-state index in [1.165, 1.54) is 10.8 Å². The Morgan fingerprint density at radius 3 is 2.62 bits per heavy atom. The third-order valence-corrected chi connectivity index (χ3v) is 3.92. The second kappa shape index (κ2) is 9.26. The van der Waals surface area contributed by atoms with Gasteiger partial charge in [0.25, 0.3) is 0 Å². The molecule has 0 atom stereocenters. The lowest BCUT2D eigenvalue weighted by atomic mass is 10.1. The minimum absolute atomic E-state index is 0. The fourth-order valence-corrected chi connectivity index (χ4v) is 2.59. The van der Waals surface area contributed by atoms with E-state index < -0.39 is 0 Å². The van der Waals surface area contributed by atoms with Gasteiger partial charge in [0.15, 0.2) is 0 Å². The molecule has 2 aromatic carbocycles. The minimum Gasteiger partial charge on any atom is -0.491 e. The van der Waals surface area contributed by atoms with E-state index in [-0.39, 0.29) is 12.4 Å². The second-order valence-corrected chi connectivity index (χ2v) is 5.79. The topological polar surface area (TPSA) is 24.5 Å². The Morgan fingerprint density at radius 2 is 1.86 bits per heavy atom. The molecule has 3 nitrogen and oxygen atoms in total. The van der Waals surface area contributed by atoms with Gasteiger partial charge in [-0.25, -0.2) is 0 Å². The van der Waals surface area contributed by atoms with Crippen LogP contribution >= 0.6 is 28.3 Å². The second-order valence-electron chi connectivity index (χ2n) is 5.00. The zero-order valence-electron chi connectivity index (χ0n) is 12.4. The molecule has 0 aliphatic heterocycles. The summed E-state index contributed by atoms with van der Waals surface area (Å²) in [6, 6.07) is 12.4. The van der Waals surface area contributed by atoms with Gasteiger partial charge in [-0.15, -0.1) is 12.4 Å². The van der Waals surface area contributed by atoms with Crippen molar-refractivity contribution in [2.45, 2.75) is 0 Å². The molecule has 0 aliphatic rings. The number of fused-ring (bicyclic) bond motifs is 1. The summed E-state index contributed by atoms with van der Waals surface area (Å²) in [7, 11) is 4.15. The summed E-state index contributed by atoms with van der Waals surface area (Å²) in [6.07, 6.45) is 0. The molecule has 116 valence electrons. The monoisotopic (exact) mass is 372 g/mol. The molecule has 0 unspecified atom stereocenters. The third-order valence-electron chi connectivity index (χ3n) is 3.10. The first-order chi connectivity index (χ1) is 9.68. The molecule has 21 heavy (non-hydrogen) atoms. The molecular formula is C16H22BrClN2O. The van der Waals surface area contributed by atoms with E-state index in [0.29, 0.717) is 6.61 Å². The van der Waals surface area contributed by atoms with Crippen LogP contribution < -0.4 is 10.1 Å². The maximum Gasteiger partial charge on any atom is 0.134 e. The number of rotatable bonds is 7. The SMILES string of the molecule is CN(C)CCNCCOc1ccc2ccccc2c1Br.Cl. The maximum atomic E-state index is 5.83. The molecule has 0 aliphatic carbocycles. The molecule has 1 N–H and O–H groups in total. The van der Waals surface area contributed by atoms with Crippen molar-refractivity contribution in [2.75, 3.05) is 40.3 Å². The Balaban J connectivity index is 0.00000220. The van der Waals surface area contributed by atoms with Gasteiger partial charge in [-0.1, -0.05) is 30.3 Å². The standard InChI is InChI=1S/C16H21BrN2O.ClH/c1-19(2)11-9-18-10-12-20-15-8-7-13-5-3-4-6-14(13)16(15)17;/h3-8,18H,9-12H2,1-2H3;1H. The van der Waals surface area contributed by atoms with E-state index in [9.17, 15) is 0 Å². The van der Waals surface area contributed by atoms with Crippen molar-refractivity contribution < 1.29 is 4.74 Å². The van der Waals surface area contributed by atoms with Crippen molar-refractivity contribution in [3.05, 3.63) is 40.9 Å². The van der Waals surface area contributed by atoms with Crippen molar-refractivity contribution in [1.29, 1.82) is 0 Å². The Morgan fingerprint density at radius 1 is 1.10 bits per heavy atom. The molecule has 0 heterocycles.